The molecule has 0 aliphatic rings. The number of nitrogens with zero attached hydrogens (tertiary/aromatic N) is 1. The summed E-state index contributed by atoms with van der Waals surface area (Å²) < 4.78 is 0. The molecule has 0 saturated carbocycles. The Kier molecular flexibility index (Phi) is 6.16. The summed E-state index contributed by atoms with van der Waals surface area (Å²) in [6.45, 7) is 7.20. The zero-order chi connectivity index (χ0) is 14.4. The highest BCUT2D eigenvalue weighted by Crippen LogP contribution is 2.27. The summed E-state index contributed by atoms with van der Waals surface area (Å²) in [5.74, 6) is 0.0875. The van der Waals surface area contributed by atoms with Crippen molar-refractivity contribution in [2.24, 2.45) is 0 Å². The first-order valence-corrected chi connectivity index (χ1v) is 7.08. The van der Waals surface area contributed by atoms with Crippen molar-refractivity contribution in [1.29, 1.82) is 0 Å². The topological polar surface area (TPSA) is 32.3 Å². The van der Waals surface area contributed by atoms with Gasteiger partial charge < -0.3 is 10.2 Å². The fourth-order valence-electron chi connectivity index (χ4n) is 1.96. The second-order valence-electron chi connectivity index (χ2n) is 4.96. The average Bonchev–Trinajstić information content (AvgIpc) is 2.34. The van der Waals surface area contributed by atoms with Crippen molar-refractivity contribution in [2.45, 2.75) is 33.6 Å². The van der Waals surface area contributed by atoms with Gasteiger partial charge in [-0.25, -0.2) is 0 Å². The molecule has 0 heterocycles. The highest BCUT2D eigenvalue weighted by Gasteiger charge is 2.10. The van der Waals surface area contributed by atoms with E-state index in [9.17, 15) is 4.79 Å². The number of nitrogens with one attached hydrogen (secondary N) is 1. The molecule has 0 saturated heterocycles. The van der Waals surface area contributed by atoms with Crippen LogP contribution in [0.4, 0.5) is 5.69 Å². The van der Waals surface area contributed by atoms with Crippen LogP contribution in [0, 0.1) is 13.8 Å². The minimum absolute atomic E-state index is 0.0875. The van der Waals surface area contributed by atoms with E-state index in [1.807, 2.05) is 27.0 Å². The molecule has 19 heavy (non-hydrogen) atoms. The van der Waals surface area contributed by atoms with E-state index in [1.54, 1.807) is 4.90 Å². The molecule has 0 radical (unpaired) electrons. The largest absolute Gasteiger partial charge is 0.375 e. The Labute approximate surface area is 120 Å². The van der Waals surface area contributed by atoms with Crippen molar-refractivity contribution in [1.82, 2.24) is 4.90 Å². The number of anilines is 1. The quantitative estimate of drug-likeness (QED) is 0.864. The van der Waals surface area contributed by atoms with E-state index in [-0.39, 0.29) is 12.5 Å². The summed E-state index contributed by atoms with van der Waals surface area (Å²) in [7, 11) is 1.84. The van der Waals surface area contributed by atoms with E-state index in [4.69, 9.17) is 11.6 Å². The lowest BCUT2D eigenvalue weighted by Gasteiger charge is -2.18. The standard InChI is InChI=1S/C15H23ClN2O/c1-5-6-7-18(4)14(19)10-17-15-12(3)8-11(2)9-13(15)16/h8-9,17H,5-7,10H2,1-4H3. The molecular weight excluding hydrogens is 260 g/mol. The van der Waals surface area contributed by atoms with Gasteiger partial charge in [0, 0.05) is 13.6 Å². The maximum absolute atomic E-state index is 11.9. The average molecular weight is 283 g/mol. The fourth-order valence-corrected chi connectivity index (χ4v) is 2.35. The van der Waals surface area contributed by atoms with E-state index in [0.29, 0.717) is 5.02 Å². The molecule has 1 N–H and O–H groups in total. The number of hydrogen-bond donors (Lipinski definition) is 1. The van der Waals surface area contributed by atoms with Crippen molar-refractivity contribution in [3.8, 4) is 0 Å². The molecule has 1 rings (SSSR count). The highest BCUT2D eigenvalue weighted by molar-refractivity contribution is 6.33. The van der Waals surface area contributed by atoms with Crippen LogP contribution in [0.25, 0.3) is 0 Å². The Morgan fingerprint density at radius 2 is 2.05 bits per heavy atom. The molecule has 0 bridgehead atoms. The smallest absolute Gasteiger partial charge is 0.241 e. The zero-order valence-corrected chi connectivity index (χ0v) is 13.0. The van der Waals surface area contributed by atoms with Crippen molar-refractivity contribution in [3.05, 3.63) is 28.3 Å². The van der Waals surface area contributed by atoms with Gasteiger partial charge in [0.15, 0.2) is 0 Å². The van der Waals surface area contributed by atoms with Gasteiger partial charge >= 0.3 is 0 Å². The van der Waals surface area contributed by atoms with Gasteiger partial charge in [-0.2, -0.15) is 0 Å². The predicted molar refractivity (Wildman–Crippen MR) is 82.0 cm³/mol. The van der Waals surface area contributed by atoms with Crippen LogP contribution in [0.15, 0.2) is 12.1 Å². The number of benzene rings is 1. The molecule has 1 aromatic rings. The number of aryl methyl sites for hydroxylation is 2. The lowest BCUT2D eigenvalue weighted by atomic mass is 10.1. The number of hydrogen-bond acceptors (Lipinski definition) is 2. The lowest BCUT2D eigenvalue weighted by molar-refractivity contribution is -0.128. The Morgan fingerprint density at radius 3 is 2.63 bits per heavy atom. The van der Waals surface area contributed by atoms with Gasteiger partial charge in [-0.1, -0.05) is 31.0 Å². The van der Waals surface area contributed by atoms with Crippen LogP contribution in [0.5, 0.6) is 0 Å². The number of halogens is 1. The van der Waals surface area contributed by atoms with Gasteiger partial charge in [-0.3, -0.25) is 4.79 Å². The third-order valence-corrected chi connectivity index (χ3v) is 3.42. The minimum atomic E-state index is 0.0875. The molecule has 0 aromatic heterocycles. The normalized spacial score (nSPS) is 10.4. The number of rotatable bonds is 6. The molecule has 0 spiro atoms. The minimum Gasteiger partial charge on any atom is -0.375 e. The third kappa shape index (κ3) is 4.75. The molecule has 0 aliphatic carbocycles. The number of carbonyl (C=O) groups is 1. The maximum atomic E-state index is 11.9. The molecule has 106 valence electrons. The summed E-state index contributed by atoms with van der Waals surface area (Å²) in [6, 6.07) is 3.96. The van der Waals surface area contributed by atoms with Crippen LogP contribution < -0.4 is 5.32 Å². The lowest BCUT2D eigenvalue weighted by Crippen LogP contribution is -2.33. The molecular formula is C15H23ClN2O. The van der Waals surface area contributed by atoms with Gasteiger partial charge in [0.2, 0.25) is 5.91 Å². The fraction of sp³-hybridized carbons (Fsp3) is 0.533. The Hall–Kier alpha value is -1.22. The van der Waals surface area contributed by atoms with Crippen LogP contribution in [-0.2, 0) is 4.79 Å². The summed E-state index contributed by atoms with van der Waals surface area (Å²) in [4.78, 5) is 13.7. The number of amides is 1. The van der Waals surface area contributed by atoms with Gasteiger partial charge in [-0.15, -0.1) is 0 Å². The maximum Gasteiger partial charge on any atom is 0.241 e. The van der Waals surface area contributed by atoms with Crippen LogP contribution in [0.3, 0.4) is 0 Å². The SMILES string of the molecule is CCCCN(C)C(=O)CNc1c(C)cc(C)cc1Cl. The first-order valence-electron chi connectivity index (χ1n) is 6.70. The van der Waals surface area contributed by atoms with Crippen molar-refractivity contribution in [3.63, 3.8) is 0 Å². The molecule has 0 aliphatic heterocycles. The number of carbonyl (C=O) groups excluding carboxylic acids is 1. The molecule has 0 unspecified atom stereocenters. The van der Waals surface area contributed by atoms with E-state index in [1.165, 1.54) is 0 Å². The zero-order valence-electron chi connectivity index (χ0n) is 12.2. The van der Waals surface area contributed by atoms with E-state index >= 15 is 0 Å². The second-order valence-corrected chi connectivity index (χ2v) is 5.37. The van der Waals surface area contributed by atoms with Gasteiger partial charge in [0.1, 0.15) is 0 Å². The summed E-state index contributed by atoms with van der Waals surface area (Å²) in [6.07, 6.45) is 2.13. The predicted octanol–water partition coefficient (Wildman–Crippen LogP) is 3.63. The second kappa shape index (κ2) is 7.39. The number of likely N-dealkylation sites (N-methyl/N-ethyl adjacent to an activating group) is 1. The molecule has 1 aromatic carbocycles. The molecule has 3 nitrogen and oxygen atoms in total. The van der Waals surface area contributed by atoms with Crippen LogP contribution in [0.2, 0.25) is 5.02 Å². The third-order valence-electron chi connectivity index (χ3n) is 3.12. The highest BCUT2D eigenvalue weighted by atomic mass is 35.5. The Morgan fingerprint density at radius 1 is 1.37 bits per heavy atom. The van der Waals surface area contributed by atoms with E-state index in [0.717, 1.165) is 36.2 Å². The molecule has 0 atom stereocenters. The van der Waals surface area contributed by atoms with Gasteiger partial charge in [0.05, 0.1) is 17.3 Å². The van der Waals surface area contributed by atoms with Crippen LogP contribution >= 0.6 is 11.6 Å². The van der Waals surface area contributed by atoms with Crippen molar-refractivity contribution >= 4 is 23.2 Å². The van der Waals surface area contributed by atoms with Crippen molar-refractivity contribution in [2.75, 3.05) is 25.5 Å². The van der Waals surface area contributed by atoms with Crippen LogP contribution in [-0.4, -0.2) is 30.9 Å². The van der Waals surface area contributed by atoms with Crippen molar-refractivity contribution < 1.29 is 4.79 Å². The number of unbranched alkanes of at least 4 members (excludes halogenated alkanes) is 1. The monoisotopic (exact) mass is 282 g/mol. The summed E-state index contributed by atoms with van der Waals surface area (Å²) in [5.41, 5.74) is 3.04. The van der Waals surface area contributed by atoms with E-state index < -0.39 is 0 Å². The summed E-state index contributed by atoms with van der Waals surface area (Å²) >= 11 is 6.19. The first kappa shape index (κ1) is 15.8. The van der Waals surface area contributed by atoms with Gasteiger partial charge in [0.25, 0.3) is 0 Å². The molecule has 1 amide bonds. The Bertz CT molecular complexity index is 423. The first-order chi connectivity index (χ1) is 8.95. The van der Waals surface area contributed by atoms with Gasteiger partial charge in [-0.05, 0) is 37.5 Å². The van der Waals surface area contributed by atoms with E-state index in [2.05, 4.69) is 18.3 Å². The van der Waals surface area contributed by atoms with Crippen LogP contribution in [0.1, 0.15) is 30.9 Å². The summed E-state index contributed by atoms with van der Waals surface area (Å²) in [5, 5.41) is 3.81. The Balaban J connectivity index is 2.60. The molecule has 0 fully saturated rings. The molecule has 4 heteroatoms.